The van der Waals surface area contributed by atoms with E-state index in [-0.39, 0.29) is 30.7 Å². The summed E-state index contributed by atoms with van der Waals surface area (Å²) in [7, 11) is 3.96. The van der Waals surface area contributed by atoms with Gasteiger partial charge in [-0.3, -0.25) is 9.69 Å². The van der Waals surface area contributed by atoms with Crippen LogP contribution in [0.2, 0.25) is 5.02 Å². The molecule has 0 saturated carbocycles. The lowest BCUT2D eigenvalue weighted by molar-refractivity contribution is -0.120. The predicted octanol–water partition coefficient (Wildman–Crippen LogP) is 1.46. The zero-order valence-electron chi connectivity index (χ0n) is 16.1. The molecule has 0 bridgehead atoms. The Balaban J connectivity index is 0.00000300. The number of ether oxygens (including phenoxy) is 1. The molecule has 0 N–H and O–H groups in total. The molecule has 3 rings (SSSR count). The number of carbonyl (C=O) groups is 1. The lowest BCUT2D eigenvalue weighted by atomic mass is 10.3. The fourth-order valence-electron chi connectivity index (χ4n) is 2.63. The van der Waals surface area contributed by atoms with Gasteiger partial charge in [0.2, 0.25) is 0 Å². The van der Waals surface area contributed by atoms with E-state index in [9.17, 15) is 9.18 Å². The first-order chi connectivity index (χ1) is 13.4. The number of thiazole rings is 1. The number of hydrogen-bond donors (Lipinski definition) is 0. The second kappa shape index (κ2) is 10.7. The maximum atomic E-state index is 13.5. The molecule has 0 radical (unpaired) electrons. The normalized spacial score (nSPS) is 10.8. The second-order valence-electron chi connectivity index (χ2n) is 6.55. The molecule has 0 atom stereocenters. The number of fused-ring (bicyclic) bond motifs is 1. The molecule has 0 fully saturated rings. The van der Waals surface area contributed by atoms with Gasteiger partial charge in [-0.05, 0) is 69.5 Å². The van der Waals surface area contributed by atoms with Crippen LogP contribution in [0.1, 0.15) is 6.42 Å². The van der Waals surface area contributed by atoms with Crippen molar-refractivity contribution in [2.45, 2.75) is 6.42 Å². The number of aromatic nitrogens is 1. The molecule has 0 aliphatic carbocycles. The molecule has 2 aromatic carbocycles. The first-order valence-corrected chi connectivity index (χ1v) is 10.0. The Labute approximate surface area is 184 Å². The van der Waals surface area contributed by atoms with Crippen molar-refractivity contribution in [2.24, 2.45) is 0 Å². The van der Waals surface area contributed by atoms with Gasteiger partial charge in [-0.15, -0.1) is 0 Å². The number of benzene rings is 2. The first kappa shape index (κ1) is 23.3. The molecule has 0 saturated heterocycles. The lowest BCUT2D eigenvalue weighted by Gasteiger charge is -2.21. The van der Waals surface area contributed by atoms with Gasteiger partial charge in [0.05, 0.1) is 10.2 Å². The Kier molecular flexibility index (Phi) is 8.64. The molecule has 1 aromatic heterocycles. The Hall–Kier alpha value is -1.93. The maximum absolute atomic E-state index is 13.5. The molecule has 156 valence electrons. The number of amides is 1. The van der Waals surface area contributed by atoms with Crippen LogP contribution in [0, 0.1) is 5.82 Å². The molecule has 0 aliphatic rings. The monoisotopic (exact) mass is 456 g/mol. The van der Waals surface area contributed by atoms with Gasteiger partial charge in [-0.1, -0.05) is 22.9 Å². The van der Waals surface area contributed by atoms with Gasteiger partial charge in [-0.25, -0.2) is 9.37 Å². The summed E-state index contributed by atoms with van der Waals surface area (Å²) in [5.74, 6) is 0.0462. The molecule has 1 amide bonds. The molecule has 9 heteroatoms. The number of halogens is 3. The van der Waals surface area contributed by atoms with Crippen LogP contribution in [0.25, 0.3) is 10.2 Å². The topological polar surface area (TPSA) is 45.7 Å². The molecule has 5 nitrogen and oxygen atoms in total. The fourth-order valence-corrected chi connectivity index (χ4v) is 3.79. The number of hydrogen-bond acceptors (Lipinski definition) is 5. The van der Waals surface area contributed by atoms with Crippen molar-refractivity contribution >= 4 is 44.2 Å². The molecule has 0 spiro atoms. The van der Waals surface area contributed by atoms with Crippen molar-refractivity contribution in [1.29, 1.82) is 0 Å². The van der Waals surface area contributed by atoms with E-state index in [2.05, 4.69) is 9.88 Å². The zero-order valence-corrected chi connectivity index (χ0v) is 18.4. The highest BCUT2D eigenvalue weighted by Gasteiger charge is 2.20. The van der Waals surface area contributed by atoms with Crippen LogP contribution in [-0.4, -0.2) is 49.6 Å². The van der Waals surface area contributed by atoms with Gasteiger partial charge in [0.25, 0.3) is 5.91 Å². The number of nitrogens with zero attached hydrogens (tertiary/aromatic N) is 3. The third-order valence-corrected chi connectivity index (χ3v) is 5.33. The van der Waals surface area contributed by atoms with Gasteiger partial charge in [0.15, 0.2) is 11.7 Å². The Morgan fingerprint density at radius 3 is 2.59 bits per heavy atom. The van der Waals surface area contributed by atoms with Gasteiger partial charge in [-0.2, -0.15) is 0 Å². The van der Waals surface area contributed by atoms with Gasteiger partial charge in [0, 0.05) is 11.6 Å². The molecule has 1 heterocycles. The van der Waals surface area contributed by atoms with E-state index in [0.717, 1.165) is 13.0 Å². The van der Waals surface area contributed by atoms with E-state index < -0.39 is 0 Å². The lowest BCUT2D eigenvalue weighted by Crippen LogP contribution is -3.00. The number of rotatable bonds is 8. The van der Waals surface area contributed by atoms with Crippen LogP contribution in [0.5, 0.6) is 5.75 Å². The van der Waals surface area contributed by atoms with E-state index in [0.29, 0.717) is 32.7 Å². The summed E-state index contributed by atoms with van der Waals surface area (Å²) < 4.78 is 19.8. The van der Waals surface area contributed by atoms with Gasteiger partial charge in [0.1, 0.15) is 11.6 Å². The average molecular weight is 457 g/mol. The molecule has 3 aromatic rings. The average Bonchev–Trinajstić information content (AvgIpc) is 3.07. The summed E-state index contributed by atoms with van der Waals surface area (Å²) in [5.41, 5.74) is 0.672. The van der Waals surface area contributed by atoms with Gasteiger partial charge < -0.3 is 22.0 Å². The van der Waals surface area contributed by atoms with E-state index in [4.69, 9.17) is 16.3 Å². The highest BCUT2D eigenvalue weighted by Crippen LogP contribution is 2.29. The van der Waals surface area contributed by atoms with Crippen molar-refractivity contribution in [2.75, 3.05) is 38.7 Å². The minimum Gasteiger partial charge on any atom is -1.00 e. The smallest absolute Gasteiger partial charge is 0.266 e. The van der Waals surface area contributed by atoms with Crippen LogP contribution >= 0.6 is 22.9 Å². The Morgan fingerprint density at radius 1 is 1.17 bits per heavy atom. The van der Waals surface area contributed by atoms with E-state index in [1.807, 2.05) is 14.1 Å². The van der Waals surface area contributed by atoms with Crippen molar-refractivity contribution in [1.82, 2.24) is 9.88 Å². The standard InChI is InChI=1S/C20H21ClFN3O2S.ClH/c1-24(2)10-3-11-25(19(26)13-27-16-7-4-14(21)5-8-16)20-23-17-9-6-15(22)12-18(17)28-20;/h4-9,12H,3,10-11,13H2,1-2H3;1H/p-1. The van der Waals surface area contributed by atoms with Crippen molar-refractivity contribution in [3.05, 3.63) is 53.3 Å². The quantitative estimate of drug-likeness (QED) is 0.514. The summed E-state index contributed by atoms with van der Waals surface area (Å²) in [6, 6.07) is 11.3. The van der Waals surface area contributed by atoms with E-state index in [1.165, 1.54) is 23.5 Å². The summed E-state index contributed by atoms with van der Waals surface area (Å²) >= 11 is 7.17. The first-order valence-electron chi connectivity index (χ1n) is 8.82. The third kappa shape index (κ3) is 6.54. The summed E-state index contributed by atoms with van der Waals surface area (Å²) in [6.45, 7) is 1.22. The molecule has 29 heavy (non-hydrogen) atoms. The molecular weight excluding hydrogens is 436 g/mol. The second-order valence-corrected chi connectivity index (χ2v) is 8.00. The van der Waals surface area contributed by atoms with Crippen LogP contribution in [0.4, 0.5) is 9.52 Å². The molecule has 0 aliphatic heterocycles. The highest BCUT2D eigenvalue weighted by atomic mass is 35.5. The Bertz CT molecular complexity index is 951. The number of carbonyl (C=O) groups excluding carboxylic acids is 1. The third-order valence-electron chi connectivity index (χ3n) is 4.03. The molecular formula is C20H21Cl2FN3O2S-. The minimum atomic E-state index is -0.320. The summed E-state index contributed by atoms with van der Waals surface area (Å²) in [4.78, 5) is 21.0. The van der Waals surface area contributed by atoms with Crippen molar-refractivity contribution < 1.29 is 26.3 Å². The summed E-state index contributed by atoms with van der Waals surface area (Å²) in [6.07, 6.45) is 0.782. The van der Waals surface area contributed by atoms with E-state index in [1.54, 1.807) is 35.2 Å². The number of anilines is 1. The minimum absolute atomic E-state index is 0. The van der Waals surface area contributed by atoms with Crippen LogP contribution in [-0.2, 0) is 4.79 Å². The fraction of sp³-hybridized carbons (Fsp3) is 0.300. The largest absolute Gasteiger partial charge is 1.00 e. The maximum Gasteiger partial charge on any atom is 0.266 e. The van der Waals surface area contributed by atoms with Crippen LogP contribution < -0.4 is 22.0 Å². The highest BCUT2D eigenvalue weighted by molar-refractivity contribution is 7.22. The van der Waals surface area contributed by atoms with Crippen molar-refractivity contribution in [3.8, 4) is 5.75 Å². The van der Waals surface area contributed by atoms with Crippen molar-refractivity contribution in [3.63, 3.8) is 0 Å². The van der Waals surface area contributed by atoms with Crippen LogP contribution in [0.15, 0.2) is 42.5 Å². The van der Waals surface area contributed by atoms with Crippen LogP contribution in [0.3, 0.4) is 0 Å². The van der Waals surface area contributed by atoms with E-state index >= 15 is 0 Å². The zero-order chi connectivity index (χ0) is 20.1. The van der Waals surface area contributed by atoms with Gasteiger partial charge >= 0.3 is 0 Å². The molecule has 0 unspecified atom stereocenters. The predicted molar refractivity (Wildman–Crippen MR) is 112 cm³/mol. The summed E-state index contributed by atoms with van der Waals surface area (Å²) in [5, 5.41) is 1.15. The Morgan fingerprint density at radius 2 is 1.90 bits per heavy atom. The SMILES string of the molecule is CN(C)CCCN(C(=O)COc1ccc(Cl)cc1)c1nc2ccc(F)cc2s1.[Cl-].